The molecule has 0 aromatic heterocycles. The van der Waals surface area contributed by atoms with Crippen LogP contribution in [-0.2, 0) is 0 Å². The van der Waals surface area contributed by atoms with Crippen LogP contribution in [0.4, 0.5) is 0 Å². The topological polar surface area (TPSA) is 34.1 Å². The van der Waals surface area contributed by atoms with E-state index in [1.165, 1.54) is 5.57 Å². The van der Waals surface area contributed by atoms with Crippen LogP contribution in [0.15, 0.2) is 47.1 Å². The van der Waals surface area contributed by atoms with E-state index >= 15 is 0 Å². The minimum absolute atomic E-state index is 0.00913. The van der Waals surface area contributed by atoms with E-state index < -0.39 is 0 Å². The highest BCUT2D eigenvalue weighted by atomic mass is 16.1. The van der Waals surface area contributed by atoms with Crippen molar-refractivity contribution in [1.82, 2.24) is 0 Å². The molecule has 98 valence electrons. The van der Waals surface area contributed by atoms with Crippen LogP contribution in [0, 0.1) is 0 Å². The lowest BCUT2D eigenvalue weighted by atomic mass is 9.83. The Bertz CT molecular complexity index is 599. The summed E-state index contributed by atoms with van der Waals surface area (Å²) in [6.07, 6.45) is 3.53. The number of carbonyl (C=O) groups excluding carboxylic acids is 2. The van der Waals surface area contributed by atoms with Gasteiger partial charge in [0.05, 0.1) is 0 Å². The fourth-order valence-corrected chi connectivity index (χ4v) is 2.36. The van der Waals surface area contributed by atoms with Crippen molar-refractivity contribution in [1.29, 1.82) is 0 Å². The molecule has 1 aromatic rings. The lowest BCUT2D eigenvalue weighted by Crippen LogP contribution is -2.20. The number of rotatable bonds is 3. The van der Waals surface area contributed by atoms with E-state index in [1.54, 1.807) is 31.2 Å². The zero-order valence-electron chi connectivity index (χ0n) is 11.6. The van der Waals surface area contributed by atoms with E-state index in [0.29, 0.717) is 28.7 Å². The monoisotopic (exact) mass is 254 g/mol. The van der Waals surface area contributed by atoms with E-state index in [0.717, 1.165) is 6.42 Å². The maximum Gasteiger partial charge on any atom is 0.190 e. The average molecular weight is 254 g/mol. The molecule has 0 aliphatic heterocycles. The summed E-state index contributed by atoms with van der Waals surface area (Å²) in [7, 11) is 0. The molecule has 0 heterocycles. The third-order valence-electron chi connectivity index (χ3n) is 3.43. The SMILES string of the molecule is CC(C)=CCCC1=C(C)C(=O)c2ccccc2C1=O. The van der Waals surface area contributed by atoms with Crippen LogP contribution in [-0.4, -0.2) is 11.6 Å². The van der Waals surface area contributed by atoms with Gasteiger partial charge in [0.1, 0.15) is 0 Å². The zero-order chi connectivity index (χ0) is 14.0. The van der Waals surface area contributed by atoms with Gasteiger partial charge >= 0.3 is 0 Å². The highest BCUT2D eigenvalue weighted by molar-refractivity contribution is 6.26. The van der Waals surface area contributed by atoms with Crippen LogP contribution in [0.5, 0.6) is 0 Å². The maximum absolute atomic E-state index is 12.4. The lowest BCUT2D eigenvalue weighted by Gasteiger charge is -2.18. The Hall–Kier alpha value is -1.96. The molecule has 2 heteroatoms. The molecule has 0 bridgehead atoms. The van der Waals surface area contributed by atoms with Gasteiger partial charge in [-0.3, -0.25) is 9.59 Å². The van der Waals surface area contributed by atoms with E-state index in [-0.39, 0.29) is 11.6 Å². The summed E-state index contributed by atoms with van der Waals surface area (Å²) < 4.78 is 0. The van der Waals surface area contributed by atoms with Gasteiger partial charge in [0.2, 0.25) is 0 Å². The van der Waals surface area contributed by atoms with Gasteiger partial charge in [-0.1, -0.05) is 35.9 Å². The second-order valence-electron chi connectivity index (χ2n) is 5.13. The second kappa shape index (κ2) is 5.35. The van der Waals surface area contributed by atoms with Gasteiger partial charge in [0.15, 0.2) is 11.6 Å². The first-order valence-corrected chi connectivity index (χ1v) is 6.54. The molecule has 0 fully saturated rings. The van der Waals surface area contributed by atoms with Crippen molar-refractivity contribution in [2.24, 2.45) is 0 Å². The van der Waals surface area contributed by atoms with Gasteiger partial charge in [-0.05, 0) is 33.6 Å². The summed E-state index contributed by atoms with van der Waals surface area (Å²) in [6.45, 7) is 5.82. The quantitative estimate of drug-likeness (QED) is 0.760. The van der Waals surface area contributed by atoms with Crippen molar-refractivity contribution in [3.63, 3.8) is 0 Å². The number of benzene rings is 1. The summed E-state index contributed by atoms with van der Waals surface area (Å²) in [6, 6.07) is 7.07. The number of ketones is 2. The molecular formula is C17H18O2. The molecule has 1 aromatic carbocycles. The summed E-state index contributed by atoms with van der Waals surface area (Å²) in [5.41, 5.74) is 3.58. The van der Waals surface area contributed by atoms with Crippen molar-refractivity contribution in [2.75, 3.05) is 0 Å². The first-order chi connectivity index (χ1) is 9.02. The third kappa shape index (κ3) is 2.58. The molecule has 1 aliphatic rings. The van der Waals surface area contributed by atoms with E-state index in [9.17, 15) is 9.59 Å². The van der Waals surface area contributed by atoms with Crippen molar-refractivity contribution in [3.05, 3.63) is 58.2 Å². The fraction of sp³-hybridized carbons (Fsp3) is 0.294. The minimum Gasteiger partial charge on any atom is -0.289 e. The number of Topliss-reactive ketones (excluding diaryl/α,β-unsaturated/α-hetero) is 2. The Balaban J connectivity index is 2.35. The molecule has 0 spiro atoms. The third-order valence-corrected chi connectivity index (χ3v) is 3.43. The Morgan fingerprint density at radius 2 is 1.63 bits per heavy atom. The first-order valence-electron chi connectivity index (χ1n) is 6.54. The number of allylic oxidation sites excluding steroid dienone is 4. The van der Waals surface area contributed by atoms with Crippen LogP contribution >= 0.6 is 0 Å². The van der Waals surface area contributed by atoms with E-state index in [4.69, 9.17) is 0 Å². The molecule has 2 rings (SSSR count). The van der Waals surface area contributed by atoms with Crippen LogP contribution in [0.3, 0.4) is 0 Å². The average Bonchev–Trinajstić information content (AvgIpc) is 2.40. The number of hydrogen-bond donors (Lipinski definition) is 0. The highest BCUT2D eigenvalue weighted by Crippen LogP contribution is 2.28. The Morgan fingerprint density at radius 3 is 2.21 bits per heavy atom. The minimum atomic E-state index is -0.0117. The molecule has 0 amide bonds. The zero-order valence-corrected chi connectivity index (χ0v) is 11.6. The van der Waals surface area contributed by atoms with Gasteiger partial charge in [-0.25, -0.2) is 0 Å². The molecule has 1 aliphatic carbocycles. The van der Waals surface area contributed by atoms with Gasteiger partial charge < -0.3 is 0 Å². The molecular weight excluding hydrogens is 236 g/mol. The van der Waals surface area contributed by atoms with Gasteiger partial charge in [0, 0.05) is 22.3 Å². The number of carbonyl (C=O) groups is 2. The van der Waals surface area contributed by atoms with Gasteiger partial charge in [-0.2, -0.15) is 0 Å². The predicted molar refractivity (Wildman–Crippen MR) is 76.5 cm³/mol. The number of fused-ring (bicyclic) bond motifs is 1. The van der Waals surface area contributed by atoms with E-state index in [2.05, 4.69) is 6.08 Å². The lowest BCUT2D eigenvalue weighted by molar-refractivity contribution is 0.0972. The Morgan fingerprint density at radius 1 is 1.05 bits per heavy atom. The number of hydrogen-bond acceptors (Lipinski definition) is 2. The molecule has 2 nitrogen and oxygen atoms in total. The molecule has 0 atom stereocenters. The van der Waals surface area contributed by atoms with Crippen molar-refractivity contribution < 1.29 is 9.59 Å². The maximum atomic E-state index is 12.4. The fourth-order valence-electron chi connectivity index (χ4n) is 2.36. The van der Waals surface area contributed by atoms with Crippen molar-refractivity contribution in [2.45, 2.75) is 33.6 Å². The smallest absolute Gasteiger partial charge is 0.190 e. The van der Waals surface area contributed by atoms with Crippen LogP contribution in [0.2, 0.25) is 0 Å². The van der Waals surface area contributed by atoms with Crippen molar-refractivity contribution in [3.8, 4) is 0 Å². The molecule has 19 heavy (non-hydrogen) atoms. The molecule has 0 N–H and O–H groups in total. The molecule has 0 saturated carbocycles. The van der Waals surface area contributed by atoms with Crippen LogP contribution in [0.25, 0.3) is 0 Å². The molecule has 0 saturated heterocycles. The molecule has 0 radical (unpaired) electrons. The highest BCUT2D eigenvalue weighted by Gasteiger charge is 2.28. The van der Waals surface area contributed by atoms with Crippen LogP contribution < -0.4 is 0 Å². The van der Waals surface area contributed by atoms with Gasteiger partial charge in [0.25, 0.3) is 0 Å². The van der Waals surface area contributed by atoms with E-state index in [1.807, 2.05) is 13.8 Å². The predicted octanol–water partition coefficient (Wildman–Crippen LogP) is 4.13. The van der Waals surface area contributed by atoms with Crippen LogP contribution in [0.1, 0.15) is 54.3 Å². The second-order valence-corrected chi connectivity index (χ2v) is 5.13. The summed E-state index contributed by atoms with van der Waals surface area (Å²) in [5.74, 6) is -0.00254. The summed E-state index contributed by atoms with van der Waals surface area (Å²) >= 11 is 0. The molecule has 0 unspecified atom stereocenters. The Labute approximate surface area is 113 Å². The van der Waals surface area contributed by atoms with Gasteiger partial charge in [-0.15, -0.1) is 0 Å². The summed E-state index contributed by atoms with van der Waals surface area (Å²) in [4.78, 5) is 24.7. The largest absolute Gasteiger partial charge is 0.289 e. The summed E-state index contributed by atoms with van der Waals surface area (Å²) in [5, 5.41) is 0. The Kier molecular flexibility index (Phi) is 3.79. The first kappa shape index (κ1) is 13.5. The normalized spacial score (nSPS) is 14.5. The van der Waals surface area contributed by atoms with Crippen molar-refractivity contribution >= 4 is 11.6 Å². The standard InChI is InChI=1S/C17H18O2/c1-11(2)7-6-10-13-12(3)16(18)14-8-4-5-9-15(14)17(13)19/h4-5,7-9H,6,10H2,1-3H3.